The highest BCUT2D eigenvalue weighted by molar-refractivity contribution is 6.17. The minimum Gasteiger partial charge on any atom is -0.537 e. The van der Waals surface area contributed by atoms with Crippen molar-refractivity contribution in [2.24, 2.45) is 0 Å². The van der Waals surface area contributed by atoms with E-state index in [0.29, 0.717) is 13.4 Å². The van der Waals surface area contributed by atoms with E-state index in [1.807, 2.05) is 24.3 Å². The van der Waals surface area contributed by atoms with E-state index >= 15 is 0 Å². The quantitative estimate of drug-likeness (QED) is 0.204. The van der Waals surface area contributed by atoms with Gasteiger partial charge in [-0.3, -0.25) is 0 Å². The van der Waals surface area contributed by atoms with Crippen LogP contribution < -0.4 is 9.55 Å². The van der Waals surface area contributed by atoms with Gasteiger partial charge in [0, 0.05) is 17.1 Å². The molecule has 7 aromatic rings. The van der Waals surface area contributed by atoms with E-state index in [2.05, 4.69) is 138 Å². The van der Waals surface area contributed by atoms with Crippen molar-refractivity contribution in [1.29, 1.82) is 0 Å². The van der Waals surface area contributed by atoms with E-state index in [4.69, 9.17) is 9.68 Å². The molecule has 199 valence electrons. The number of fused-ring (bicyclic) bond motifs is 2. The number of anilines is 3. The van der Waals surface area contributed by atoms with Crippen LogP contribution in [-0.4, -0.2) is 12.7 Å². The average molecular weight is 540 g/mol. The lowest BCUT2D eigenvalue weighted by Crippen LogP contribution is -2.10. The predicted octanol–water partition coefficient (Wildman–Crippen LogP) is 9.70. The van der Waals surface area contributed by atoms with Crippen LogP contribution in [0.15, 0.2) is 158 Å². The Balaban J connectivity index is 1.33. The second-order valence-electron chi connectivity index (χ2n) is 10.2. The number of hydrogen-bond acceptors (Lipinski definition) is 3. The summed E-state index contributed by atoms with van der Waals surface area (Å²) in [6.07, 6.45) is 0. The van der Waals surface area contributed by atoms with E-state index < -0.39 is 0 Å². The fourth-order valence-corrected chi connectivity index (χ4v) is 5.74. The third-order valence-electron chi connectivity index (χ3n) is 7.71. The summed E-state index contributed by atoms with van der Waals surface area (Å²) in [7, 11) is 0.701. The van der Waals surface area contributed by atoms with E-state index in [9.17, 15) is 0 Å². The maximum atomic E-state index is 9.10. The minimum absolute atomic E-state index is 0.567. The molecule has 1 N–H and O–H groups in total. The molecule has 0 aromatic heterocycles. The molecule has 0 aliphatic heterocycles. The molecular formula is C38H27BNO2. The van der Waals surface area contributed by atoms with Crippen LogP contribution in [0.25, 0.3) is 43.8 Å². The highest BCUT2D eigenvalue weighted by Crippen LogP contribution is 2.39. The summed E-state index contributed by atoms with van der Waals surface area (Å²) < 4.78 is 5.18. The van der Waals surface area contributed by atoms with Crippen molar-refractivity contribution >= 4 is 46.3 Å². The van der Waals surface area contributed by atoms with Gasteiger partial charge in [0.2, 0.25) is 0 Å². The first kappa shape index (κ1) is 25.6. The molecule has 0 unspecified atom stereocenters. The highest BCUT2D eigenvalue weighted by Gasteiger charge is 2.15. The van der Waals surface area contributed by atoms with E-state index in [1.165, 1.54) is 38.2 Å². The third-order valence-corrected chi connectivity index (χ3v) is 7.71. The smallest absolute Gasteiger partial charge is 0.537 e. The molecular weight excluding hydrogens is 513 g/mol. The Kier molecular flexibility index (Phi) is 6.89. The number of benzene rings is 7. The van der Waals surface area contributed by atoms with Gasteiger partial charge >= 0.3 is 7.69 Å². The Labute approximate surface area is 246 Å². The van der Waals surface area contributed by atoms with Crippen molar-refractivity contribution < 1.29 is 9.68 Å². The number of nitrogens with zero attached hydrogens (tertiary/aromatic N) is 1. The molecule has 1 radical (unpaired) electrons. The molecule has 0 saturated heterocycles. The van der Waals surface area contributed by atoms with Gasteiger partial charge in [-0.1, -0.05) is 109 Å². The summed E-state index contributed by atoms with van der Waals surface area (Å²) in [5.41, 5.74) is 7.79. The first-order chi connectivity index (χ1) is 20.8. The second-order valence-corrected chi connectivity index (χ2v) is 10.2. The Hall–Kier alpha value is -5.32. The Morgan fingerprint density at radius 2 is 0.976 bits per heavy atom. The summed E-state index contributed by atoms with van der Waals surface area (Å²) >= 11 is 0. The zero-order chi connectivity index (χ0) is 28.3. The molecule has 0 fully saturated rings. The van der Waals surface area contributed by atoms with Crippen molar-refractivity contribution in [1.82, 2.24) is 0 Å². The monoisotopic (exact) mass is 540 g/mol. The molecule has 0 aliphatic rings. The van der Waals surface area contributed by atoms with Gasteiger partial charge in [0.1, 0.15) is 5.75 Å². The molecule has 4 heteroatoms. The predicted molar refractivity (Wildman–Crippen MR) is 176 cm³/mol. The molecule has 0 spiro atoms. The molecule has 7 rings (SSSR count). The van der Waals surface area contributed by atoms with Crippen LogP contribution in [0.3, 0.4) is 0 Å². The first-order valence-electron chi connectivity index (χ1n) is 14.0. The molecule has 0 heterocycles. The summed E-state index contributed by atoms with van der Waals surface area (Å²) in [4.78, 5) is 2.24. The van der Waals surface area contributed by atoms with Crippen LogP contribution in [0.5, 0.6) is 5.75 Å². The lowest BCUT2D eigenvalue weighted by molar-refractivity contribution is 0.454. The van der Waals surface area contributed by atoms with Crippen molar-refractivity contribution in [3.8, 4) is 28.0 Å². The van der Waals surface area contributed by atoms with Crippen LogP contribution in [0, 0.1) is 0 Å². The summed E-state index contributed by atoms with van der Waals surface area (Å²) in [6.45, 7) is 0. The molecule has 0 atom stereocenters. The highest BCUT2D eigenvalue weighted by atomic mass is 16.5. The van der Waals surface area contributed by atoms with Crippen LogP contribution in [0.4, 0.5) is 17.1 Å². The third kappa shape index (κ3) is 4.89. The van der Waals surface area contributed by atoms with Crippen molar-refractivity contribution in [2.45, 2.75) is 0 Å². The van der Waals surface area contributed by atoms with Crippen LogP contribution in [0.1, 0.15) is 0 Å². The zero-order valence-corrected chi connectivity index (χ0v) is 22.9. The van der Waals surface area contributed by atoms with E-state index in [1.54, 1.807) is 0 Å². The van der Waals surface area contributed by atoms with Gasteiger partial charge in [0.05, 0.1) is 0 Å². The maximum Gasteiger partial charge on any atom is 0.569 e. The largest absolute Gasteiger partial charge is 0.569 e. The van der Waals surface area contributed by atoms with Gasteiger partial charge in [-0.2, -0.15) is 0 Å². The van der Waals surface area contributed by atoms with Gasteiger partial charge in [-0.15, -0.1) is 0 Å². The molecule has 0 saturated carbocycles. The zero-order valence-electron chi connectivity index (χ0n) is 22.9. The van der Waals surface area contributed by atoms with Gasteiger partial charge in [-0.25, -0.2) is 0 Å². The Bertz CT molecular complexity index is 1990. The molecule has 42 heavy (non-hydrogen) atoms. The Morgan fingerprint density at radius 1 is 0.452 bits per heavy atom. The fraction of sp³-hybridized carbons (Fsp3) is 0. The maximum absolute atomic E-state index is 9.10. The molecule has 7 aromatic carbocycles. The summed E-state index contributed by atoms with van der Waals surface area (Å²) in [5, 5.41) is 14.0. The van der Waals surface area contributed by atoms with Crippen molar-refractivity contribution in [3.05, 3.63) is 158 Å². The Morgan fingerprint density at radius 3 is 1.60 bits per heavy atom. The number of hydrogen-bond donors (Lipinski definition) is 1. The van der Waals surface area contributed by atoms with Crippen molar-refractivity contribution in [3.63, 3.8) is 0 Å². The van der Waals surface area contributed by atoms with E-state index in [0.717, 1.165) is 22.6 Å². The first-order valence-corrected chi connectivity index (χ1v) is 14.0. The van der Waals surface area contributed by atoms with Gasteiger partial charge in [0.15, 0.2) is 0 Å². The topological polar surface area (TPSA) is 32.7 Å². The number of rotatable bonds is 7. The summed E-state index contributed by atoms with van der Waals surface area (Å²) in [5.74, 6) is 0.567. The minimum atomic E-state index is 0.567. The van der Waals surface area contributed by atoms with Gasteiger partial charge < -0.3 is 14.6 Å². The molecule has 0 aliphatic carbocycles. The molecule has 0 amide bonds. The van der Waals surface area contributed by atoms with Crippen LogP contribution in [0.2, 0.25) is 0 Å². The normalized spacial score (nSPS) is 11.0. The average Bonchev–Trinajstić information content (AvgIpc) is 3.06. The summed E-state index contributed by atoms with van der Waals surface area (Å²) in [6, 6.07) is 55.0. The standard InChI is InChI=1S/C38H27BNO2/c41-39-42-34-24-22-32(23-25-34)40(31-20-18-29(19-21-31)37-16-6-10-27-8-1-3-14-35(27)37)33-13-5-12-30(26-33)38-17-7-11-28-9-2-4-15-36(28)38/h1-26,41H. The lowest BCUT2D eigenvalue weighted by Gasteiger charge is -2.26. The molecule has 3 nitrogen and oxygen atoms in total. The molecule has 0 bridgehead atoms. The van der Waals surface area contributed by atoms with Crippen LogP contribution >= 0.6 is 0 Å². The fourth-order valence-electron chi connectivity index (χ4n) is 5.74. The van der Waals surface area contributed by atoms with Gasteiger partial charge in [0.25, 0.3) is 0 Å². The van der Waals surface area contributed by atoms with Gasteiger partial charge in [-0.05, 0) is 92.3 Å². The van der Waals surface area contributed by atoms with Crippen molar-refractivity contribution in [2.75, 3.05) is 4.90 Å². The SMILES string of the molecule is O[B]Oc1ccc(N(c2ccc(-c3cccc4ccccc34)cc2)c2cccc(-c3cccc4ccccc34)c2)cc1. The van der Waals surface area contributed by atoms with E-state index in [-0.39, 0.29) is 0 Å². The lowest BCUT2D eigenvalue weighted by atomic mass is 9.97. The van der Waals surface area contributed by atoms with Crippen LogP contribution in [-0.2, 0) is 0 Å². The second kappa shape index (κ2) is 11.3.